The van der Waals surface area contributed by atoms with E-state index in [1.165, 1.54) is 28.4 Å². The van der Waals surface area contributed by atoms with Crippen molar-refractivity contribution < 1.29 is 47.7 Å². The Kier molecular flexibility index (Phi) is 13.6. The molecule has 1 saturated carbocycles. The fourth-order valence-corrected chi connectivity index (χ4v) is 9.09. The number of aliphatic carboxylic acids is 1. The highest BCUT2D eigenvalue weighted by molar-refractivity contribution is 7.14. The number of carbonyl (C=O) groups excluding carboxylic acids is 4. The zero-order valence-electron chi connectivity index (χ0n) is 36.8. The number of alkyl carbamates (subject to hydrolysis) is 1. The van der Waals surface area contributed by atoms with Gasteiger partial charge in [0.25, 0.3) is 0 Å². The van der Waals surface area contributed by atoms with Crippen molar-refractivity contribution in [1.29, 1.82) is 0 Å². The van der Waals surface area contributed by atoms with Gasteiger partial charge in [-0.25, -0.2) is 23.9 Å². The Bertz CT molecular complexity index is 2430. The van der Waals surface area contributed by atoms with Gasteiger partial charge in [0.05, 0.1) is 24.9 Å². The third-order valence-electron chi connectivity index (χ3n) is 11.7. The summed E-state index contributed by atoms with van der Waals surface area (Å²) in [5.41, 5.74) is -0.581. The second kappa shape index (κ2) is 18.9. The number of Topliss-reactive ketones (excluding diaryl/α,β-unsaturated/α-hetero) is 1. The van der Waals surface area contributed by atoms with Crippen LogP contribution in [0.15, 0.2) is 66.1 Å². The van der Waals surface area contributed by atoms with E-state index < -0.39 is 76.6 Å². The first-order valence-electron chi connectivity index (χ1n) is 21.6. The van der Waals surface area contributed by atoms with Gasteiger partial charge in [-0.2, -0.15) is 0 Å². The Morgan fingerprint density at radius 2 is 1.80 bits per heavy atom. The van der Waals surface area contributed by atoms with Gasteiger partial charge in [-0.05, 0) is 75.9 Å². The fourth-order valence-electron chi connectivity index (χ4n) is 8.24. The van der Waals surface area contributed by atoms with Crippen LogP contribution in [0.4, 0.5) is 14.3 Å². The maximum Gasteiger partial charge on any atom is 0.408 e. The summed E-state index contributed by atoms with van der Waals surface area (Å²) in [4.78, 5) is 80.4. The second-order valence-electron chi connectivity index (χ2n) is 18.1. The van der Waals surface area contributed by atoms with Crippen LogP contribution in [0.2, 0.25) is 0 Å². The molecule has 3 aliphatic rings. The van der Waals surface area contributed by atoms with Gasteiger partial charge in [0.2, 0.25) is 17.6 Å². The van der Waals surface area contributed by atoms with E-state index in [1.54, 1.807) is 46.1 Å². The van der Waals surface area contributed by atoms with Crippen LogP contribution in [0.1, 0.15) is 89.9 Å². The van der Waals surface area contributed by atoms with Crippen molar-refractivity contribution >= 4 is 57.0 Å². The Morgan fingerprint density at radius 3 is 2.50 bits per heavy atom. The minimum Gasteiger partial charge on any atom is -0.497 e. The number of halogens is 1. The van der Waals surface area contributed by atoms with Crippen LogP contribution >= 0.6 is 11.3 Å². The van der Waals surface area contributed by atoms with E-state index in [2.05, 4.69) is 16.0 Å². The normalized spacial score (nSPS) is 23.7. The van der Waals surface area contributed by atoms with Crippen LogP contribution in [0.5, 0.6) is 11.5 Å². The number of methoxy groups -OCH3 is 1. The molecule has 340 valence electrons. The van der Waals surface area contributed by atoms with Crippen LogP contribution in [-0.2, 0) is 19.1 Å². The number of ether oxygens (including phenoxy) is 3. The highest BCUT2D eigenvalue weighted by atomic mass is 32.1. The molecule has 0 radical (unpaired) electrons. The Balaban J connectivity index is 1.20. The highest BCUT2D eigenvalue weighted by Crippen LogP contribution is 2.46. The number of carbonyl (C=O) groups is 5. The zero-order chi connectivity index (χ0) is 45.9. The lowest BCUT2D eigenvalue weighted by atomic mass is 9.84. The Labute approximate surface area is 375 Å². The molecule has 64 heavy (non-hydrogen) atoms. The number of allylic oxidation sites excluding steroid dienone is 1. The van der Waals surface area contributed by atoms with Gasteiger partial charge in [0, 0.05) is 52.3 Å². The number of thiazole rings is 1. The van der Waals surface area contributed by atoms with E-state index in [0.29, 0.717) is 53.1 Å². The number of hydrogen-bond acceptors (Lipinski definition) is 12. The number of rotatable bonds is 11. The molecule has 2 aliphatic heterocycles. The van der Waals surface area contributed by atoms with E-state index in [1.807, 2.05) is 37.4 Å². The number of benzene rings is 2. The maximum absolute atomic E-state index is 14.9. The molecule has 4 N–H and O–H groups in total. The van der Waals surface area contributed by atoms with Crippen molar-refractivity contribution in [3.8, 4) is 22.9 Å². The zero-order valence-corrected chi connectivity index (χ0v) is 37.6. The number of fused-ring (bicyclic) bond motifs is 3. The number of ketones is 1. The Hall–Kier alpha value is -6.10. The summed E-state index contributed by atoms with van der Waals surface area (Å²) in [6.07, 6.45) is 3.67. The molecule has 2 aromatic carbocycles. The first-order chi connectivity index (χ1) is 30.4. The van der Waals surface area contributed by atoms with Gasteiger partial charge in [-0.1, -0.05) is 45.8 Å². The summed E-state index contributed by atoms with van der Waals surface area (Å²) in [7, 11) is 1.56. The lowest BCUT2D eigenvalue weighted by Gasteiger charge is -2.31. The largest absolute Gasteiger partial charge is 0.497 e. The molecular formula is C47H55FN6O9S. The van der Waals surface area contributed by atoms with E-state index >= 15 is 0 Å². The summed E-state index contributed by atoms with van der Waals surface area (Å²) in [6.45, 7) is 9.12. The predicted octanol–water partition coefficient (Wildman–Crippen LogP) is 7.55. The number of pyridine rings is 1. The first-order valence-corrected chi connectivity index (χ1v) is 22.5. The predicted molar refractivity (Wildman–Crippen MR) is 239 cm³/mol. The summed E-state index contributed by atoms with van der Waals surface area (Å²) in [5.74, 6) is -2.93. The highest BCUT2D eigenvalue weighted by Gasteiger charge is 2.61. The first kappa shape index (κ1) is 45.9. The van der Waals surface area contributed by atoms with Crippen LogP contribution in [0.25, 0.3) is 22.3 Å². The molecule has 0 spiro atoms. The molecule has 17 heteroatoms. The maximum atomic E-state index is 14.9. The molecule has 1 saturated heterocycles. The molecule has 1 aliphatic carbocycles. The standard InChI is InChI=1S/C47H55FN6O9S/c1-26(2)49-44-51-36(25-64-44)35-22-38(32-19-18-30(61-6)20-34(32)50-35)62-31-21-37-41(56)53-47(43(58)59)23-28(47)12-10-8-7-9-11-13-33(42(57)54(37)24-31)52-45(60)63-40(46(3,4)5)39(55)27-14-16-29(48)17-15-27/h10,12,14-20,22,25-26,28,31,33,37,40H,7-9,11,13,21,23-24H2,1-6H3,(H,49,51)(H,52,60)(H,53,56)(H,58,59)/b12-10-/t28?,31-,33+,37+,40-,47-/m1/s1. The van der Waals surface area contributed by atoms with Crippen molar-refractivity contribution in [2.75, 3.05) is 19.0 Å². The van der Waals surface area contributed by atoms with Crippen molar-refractivity contribution in [2.45, 2.75) is 115 Å². The molecule has 4 aromatic rings. The van der Waals surface area contributed by atoms with Crippen molar-refractivity contribution in [3.63, 3.8) is 0 Å². The summed E-state index contributed by atoms with van der Waals surface area (Å²) in [6, 6.07) is 9.85. The topological polar surface area (TPSA) is 198 Å². The molecule has 6 atom stereocenters. The van der Waals surface area contributed by atoms with E-state index in [9.17, 15) is 33.5 Å². The number of nitrogens with one attached hydrogen (secondary N) is 3. The van der Waals surface area contributed by atoms with Crippen LogP contribution in [0.3, 0.4) is 0 Å². The van der Waals surface area contributed by atoms with Crippen LogP contribution < -0.4 is 25.4 Å². The van der Waals surface area contributed by atoms with Gasteiger partial charge < -0.3 is 40.2 Å². The number of carboxylic acid groups (broad SMARTS) is 1. The molecule has 3 amide bonds. The number of aromatic nitrogens is 2. The molecule has 1 unspecified atom stereocenters. The Morgan fingerprint density at radius 1 is 1.03 bits per heavy atom. The van der Waals surface area contributed by atoms with Gasteiger partial charge in [0.15, 0.2) is 11.2 Å². The molecule has 15 nitrogen and oxygen atoms in total. The average molecular weight is 899 g/mol. The van der Waals surface area contributed by atoms with Crippen molar-refractivity contribution in [3.05, 3.63) is 77.4 Å². The summed E-state index contributed by atoms with van der Waals surface area (Å²) in [5, 5.41) is 22.4. The number of hydrogen-bond donors (Lipinski definition) is 4. The van der Waals surface area contributed by atoms with Crippen molar-refractivity contribution in [2.24, 2.45) is 11.3 Å². The van der Waals surface area contributed by atoms with E-state index in [0.717, 1.165) is 23.7 Å². The third-order valence-corrected chi connectivity index (χ3v) is 12.5. The van der Waals surface area contributed by atoms with Crippen LogP contribution in [0, 0.1) is 17.2 Å². The lowest BCUT2D eigenvalue weighted by molar-refractivity contribution is -0.145. The number of anilines is 1. The fraction of sp³-hybridized carbons (Fsp3) is 0.468. The molecule has 2 aromatic heterocycles. The lowest BCUT2D eigenvalue weighted by Crippen LogP contribution is -2.56. The minimum absolute atomic E-state index is 0.00231. The monoisotopic (exact) mass is 898 g/mol. The summed E-state index contributed by atoms with van der Waals surface area (Å²) < 4.78 is 31.8. The van der Waals surface area contributed by atoms with Gasteiger partial charge >= 0.3 is 12.1 Å². The van der Waals surface area contributed by atoms with E-state index in [4.69, 9.17) is 24.2 Å². The van der Waals surface area contributed by atoms with Gasteiger partial charge in [-0.3, -0.25) is 14.4 Å². The summed E-state index contributed by atoms with van der Waals surface area (Å²) >= 11 is 1.44. The van der Waals surface area contributed by atoms with Gasteiger partial charge in [-0.15, -0.1) is 11.3 Å². The molecule has 0 bridgehead atoms. The molecule has 7 rings (SSSR count). The van der Waals surface area contributed by atoms with Crippen molar-refractivity contribution in [1.82, 2.24) is 25.5 Å². The van der Waals surface area contributed by atoms with E-state index in [-0.39, 0.29) is 37.4 Å². The smallest absolute Gasteiger partial charge is 0.408 e. The molecule has 2 fully saturated rings. The molecular weight excluding hydrogens is 844 g/mol. The number of amides is 3. The van der Waals surface area contributed by atoms with Crippen LogP contribution in [-0.4, -0.2) is 99.2 Å². The van der Waals surface area contributed by atoms with Gasteiger partial charge in [0.1, 0.15) is 46.7 Å². The second-order valence-corrected chi connectivity index (χ2v) is 18.9. The quantitative estimate of drug-likeness (QED) is 0.0853. The SMILES string of the molecule is COc1ccc2c(O[C@@H]3C[C@H]4C(=O)N[C@]5(C(=O)O)CC5/C=C\CCCCC[C@H](NC(=O)O[C@H](C(=O)c5ccc(F)cc5)C(C)(C)C)C(=O)N4C3)cc(-c3csc(NC(C)C)n3)nc2c1. The third kappa shape index (κ3) is 10.3. The minimum atomic E-state index is -1.53. The number of carboxylic acids is 1. The molecule has 4 heterocycles. The number of nitrogens with zero attached hydrogens (tertiary/aromatic N) is 3. The average Bonchev–Trinajstić information content (AvgIpc) is 3.51.